The van der Waals surface area contributed by atoms with E-state index in [4.69, 9.17) is 4.42 Å². The Labute approximate surface area is 157 Å². The van der Waals surface area contributed by atoms with Gasteiger partial charge < -0.3 is 9.34 Å². The maximum atomic E-state index is 6.25. The van der Waals surface area contributed by atoms with Crippen LogP contribution in [0.1, 0.15) is 59.2 Å². The highest BCUT2D eigenvalue weighted by atomic mass is 16.3. The quantitative estimate of drug-likeness (QED) is 0.711. The minimum Gasteiger partial charge on any atom is -0.450 e. The van der Waals surface area contributed by atoms with Gasteiger partial charge in [0, 0.05) is 33.9 Å². The summed E-state index contributed by atoms with van der Waals surface area (Å²) in [6.07, 6.45) is 3.44. The van der Waals surface area contributed by atoms with Crippen LogP contribution in [-0.4, -0.2) is 33.3 Å². The van der Waals surface area contributed by atoms with Gasteiger partial charge in [-0.2, -0.15) is 0 Å². The van der Waals surface area contributed by atoms with Gasteiger partial charge in [-0.25, -0.2) is 9.99 Å². The maximum Gasteiger partial charge on any atom is 0.346 e. The number of rotatable bonds is 1. The molecule has 2 aliphatic heterocycles. The van der Waals surface area contributed by atoms with Crippen molar-refractivity contribution in [3.8, 4) is 0 Å². The van der Waals surface area contributed by atoms with Gasteiger partial charge >= 0.3 is 6.85 Å². The van der Waals surface area contributed by atoms with Crippen molar-refractivity contribution in [2.75, 3.05) is 0 Å². The Morgan fingerprint density at radius 3 is 2.50 bits per heavy atom. The number of nitrogens with zero attached hydrogens (tertiary/aromatic N) is 3. The molecule has 1 saturated heterocycles. The summed E-state index contributed by atoms with van der Waals surface area (Å²) in [5, 5.41) is 3.70. The molecule has 2 aromatic rings. The van der Waals surface area contributed by atoms with Crippen molar-refractivity contribution in [1.82, 2.24) is 14.9 Å². The fourth-order valence-electron chi connectivity index (χ4n) is 5.29. The lowest BCUT2D eigenvalue weighted by Crippen LogP contribution is -2.62. The van der Waals surface area contributed by atoms with E-state index in [0.29, 0.717) is 6.04 Å². The molecule has 0 saturated carbocycles. The average molecular weight is 351 g/mol. The summed E-state index contributed by atoms with van der Waals surface area (Å²) in [6, 6.07) is 4.65. The fraction of sp³-hybridized carbons (Fsp3) is 0.571. The van der Waals surface area contributed by atoms with Crippen LogP contribution in [0.3, 0.4) is 0 Å². The molecule has 26 heavy (non-hydrogen) atoms. The third-order valence-corrected chi connectivity index (χ3v) is 6.46. The van der Waals surface area contributed by atoms with Crippen molar-refractivity contribution >= 4 is 29.7 Å². The second kappa shape index (κ2) is 5.38. The van der Waals surface area contributed by atoms with E-state index < -0.39 is 0 Å². The highest BCUT2D eigenvalue weighted by molar-refractivity contribution is 6.70. The molecule has 4 heterocycles. The minimum absolute atomic E-state index is 0.102. The molecular formula is C21H30BN3O. The Morgan fingerprint density at radius 2 is 1.88 bits per heavy atom. The molecule has 0 bridgehead atoms. The first-order chi connectivity index (χ1) is 12.0. The molecule has 138 valence electrons. The van der Waals surface area contributed by atoms with Gasteiger partial charge in [-0.15, -0.1) is 0 Å². The van der Waals surface area contributed by atoms with Crippen molar-refractivity contribution in [3.05, 3.63) is 29.1 Å². The van der Waals surface area contributed by atoms with Gasteiger partial charge in [0.25, 0.3) is 0 Å². The SMILES string of the molecule is CB1c2oc3nc(C)ccc3c2C=C(C)N1N1C(C)C(C)(C)CC1(C)C. The van der Waals surface area contributed by atoms with E-state index >= 15 is 0 Å². The molecule has 4 nitrogen and oxygen atoms in total. The molecule has 0 aliphatic carbocycles. The van der Waals surface area contributed by atoms with Crippen molar-refractivity contribution < 1.29 is 4.42 Å². The Balaban J connectivity index is 1.84. The molecule has 2 aromatic heterocycles. The number of pyridine rings is 1. The van der Waals surface area contributed by atoms with E-state index in [-0.39, 0.29) is 17.8 Å². The van der Waals surface area contributed by atoms with Gasteiger partial charge in [0.05, 0.1) is 0 Å². The second-order valence-electron chi connectivity index (χ2n) is 9.49. The number of allylic oxidation sites excluding steroid dienone is 1. The minimum atomic E-state index is 0.102. The number of fused-ring (bicyclic) bond motifs is 3. The Hall–Kier alpha value is -1.75. The summed E-state index contributed by atoms with van der Waals surface area (Å²) < 4.78 is 6.25. The topological polar surface area (TPSA) is 32.5 Å². The summed E-state index contributed by atoms with van der Waals surface area (Å²) in [7, 11) is 0. The number of hydrogen-bond donors (Lipinski definition) is 0. The number of furan rings is 1. The van der Waals surface area contributed by atoms with Crippen molar-refractivity contribution in [2.45, 2.75) is 73.3 Å². The van der Waals surface area contributed by atoms with E-state index in [2.05, 4.69) is 81.5 Å². The average Bonchev–Trinajstić information content (AvgIpc) is 2.94. The molecule has 5 heteroatoms. The molecule has 1 unspecified atom stereocenters. The van der Waals surface area contributed by atoms with E-state index in [1.807, 2.05) is 6.92 Å². The van der Waals surface area contributed by atoms with Gasteiger partial charge in [0.1, 0.15) is 5.66 Å². The molecule has 0 amide bonds. The van der Waals surface area contributed by atoms with Crippen LogP contribution >= 0.6 is 0 Å². The second-order valence-corrected chi connectivity index (χ2v) is 9.49. The Kier molecular flexibility index (Phi) is 3.66. The molecule has 0 radical (unpaired) electrons. The summed E-state index contributed by atoms with van der Waals surface area (Å²) >= 11 is 0. The zero-order chi connectivity index (χ0) is 19.0. The van der Waals surface area contributed by atoms with E-state index in [0.717, 1.165) is 22.5 Å². The van der Waals surface area contributed by atoms with Crippen LogP contribution in [0.4, 0.5) is 0 Å². The molecule has 1 fully saturated rings. The molecule has 0 N–H and O–H groups in total. The number of aryl methyl sites for hydroxylation is 1. The first-order valence-corrected chi connectivity index (χ1v) is 9.70. The molecule has 4 rings (SSSR count). The van der Waals surface area contributed by atoms with Crippen molar-refractivity contribution in [3.63, 3.8) is 0 Å². The molecular weight excluding hydrogens is 321 g/mol. The van der Waals surface area contributed by atoms with Crippen LogP contribution < -0.4 is 5.66 Å². The predicted molar refractivity (Wildman–Crippen MR) is 109 cm³/mol. The maximum absolute atomic E-state index is 6.25. The first kappa shape index (κ1) is 17.7. The standard InChI is InChI=1S/C21H30BN3O/c1-13-9-10-16-17-11-14(2)25(22(8)18(17)26-19(16)23-13)24-15(3)20(4,5)12-21(24,6)7/h9-11,15H,12H2,1-8H3. The third kappa shape index (κ3) is 2.36. The lowest BCUT2D eigenvalue weighted by molar-refractivity contribution is -0.0180. The zero-order valence-electron chi connectivity index (χ0n) is 17.3. The van der Waals surface area contributed by atoms with Crippen LogP contribution in [0.25, 0.3) is 17.2 Å². The van der Waals surface area contributed by atoms with Gasteiger partial charge in [0.2, 0.25) is 5.71 Å². The number of hydrazine groups is 1. The van der Waals surface area contributed by atoms with E-state index in [9.17, 15) is 0 Å². The Bertz CT molecular complexity index is 911. The Morgan fingerprint density at radius 1 is 1.19 bits per heavy atom. The predicted octanol–water partition coefficient (Wildman–Crippen LogP) is 4.45. The van der Waals surface area contributed by atoms with Crippen LogP contribution in [-0.2, 0) is 0 Å². The van der Waals surface area contributed by atoms with Gasteiger partial charge in [-0.3, -0.25) is 0 Å². The van der Waals surface area contributed by atoms with Crippen molar-refractivity contribution in [2.24, 2.45) is 5.41 Å². The van der Waals surface area contributed by atoms with Gasteiger partial charge in [-0.05, 0) is 64.7 Å². The van der Waals surface area contributed by atoms with Crippen LogP contribution in [0.2, 0.25) is 6.82 Å². The van der Waals surface area contributed by atoms with Crippen molar-refractivity contribution in [1.29, 1.82) is 0 Å². The lowest BCUT2D eigenvalue weighted by Gasteiger charge is -2.48. The summed E-state index contributed by atoms with van der Waals surface area (Å²) in [4.78, 5) is 7.06. The van der Waals surface area contributed by atoms with Crippen LogP contribution in [0.5, 0.6) is 0 Å². The smallest absolute Gasteiger partial charge is 0.346 e. The van der Waals surface area contributed by atoms with Crippen LogP contribution in [0, 0.1) is 12.3 Å². The monoisotopic (exact) mass is 351 g/mol. The highest BCUT2D eigenvalue weighted by Gasteiger charge is 2.53. The van der Waals surface area contributed by atoms with E-state index in [1.54, 1.807) is 0 Å². The molecule has 2 aliphatic rings. The van der Waals surface area contributed by atoms with Gasteiger partial charge in [0.15, 0.2) is 0 Å². The zero-order valence-corrected chi connectivity index (χ0v) is 17.3. The summed E-state index contributed by atoms with van der Waals surface area (Å²) in [5.74, 6) is 0. The van der Waals surface area contributed by atoms with Gasteiger partial charge in [-0.1, -0.05) is 20.7 Å². The number of hydrogen-bond acceptors (Lipinski definition) is 4. The molecule has 0 spiro atoms. The first-order valence-electron chi connectivity index (χ1n) is 9.70. The molecule has 1 atom stereocenters. The lowest BCUT2D eigenvalue weighted by atomic mass is 9.58. The van der Waals surface area contributed by atoms with Crippen LogP contribution in [0.15, 0.2) is 22.2 Å². The summed E-state index contributed by atoms with van der Waals surface area (Å²) in [6.45, 7) is 18.5. The highest BCUT2D eigenvalue weighted by Crippen LogP contribution is 2.48. The fourth-order valence-corrected chi connectivity index (χ4v) is 5.29. The summed E-state index contributed by atoms with van der Waals surface area (Å²) in [5.41, 5.74) is 5.60. The third-order valence-electron chi connectivity index (χ3n) is 6.46. The largest absolute Gasteiger partial charge is 0.450 e. The molecule has 0 aromatic carbocycles. The normalized spacial score (nSPS) is 24.9. The van der Waals surface area contributed by atoms with E-state index in [1.165, 1.54) is 17.7 Å². The number of aromatic nitrogens is 1.